The first-order valence-electron chi connectivity index (χ1n) is 10.5. The van der Waals surface area contributed by atoms with E-state index in [1.54, 1.807) is 11.3 Å². The smallest absolute Gasteiger partial charge is 0.177 e. The second-order valence-corrected chi connectivity index (χ2v) is 8.97. The van der Waals surface area contributed by atoms with E-state index in [4.69, 9.17) is 10.2 Å². The lowest BCUT2D eigenvalue weighted by Gasteiger charge is -2.21. The summed E-state index contributed by atoms with van der Waals surface area (Å²) in [5.41, 5.74) is 9.98. The fraction of sp³-hybridized carbons (Fsp3) is 0.250. The Morgan fingerprint density at radius 2 is 1.97 bits per heavy atom. The number of nitrogen functional groups attached to an aromatic ring is 1. The highest BCUT2D eigenvalue weighted by molar-refractivity contribution is 7.17. The van der Waals surface area contributed by atoms with Crippen LogP contribution in [0.1, 0.15) is 38.1 Å². The third-order valence-corrected chi connectivity index (χ3v) is 7.16. The molecule has 4 aromatic heterocycles. The van der Waals surface area contributed by atoms with Crippen LogP contribution < -0.4 is 5.73 Å². The Morgan fingerprint density at radius 3 is 2.87 bits per heavy atom. The maximum absolute atomic E-state index is 6.24. The van der Waals surface area contributed by atoms with E-state index in [0.29, 0.717) is 17.4 Å². The monoisotopic (exact) mass is 414 g/mol. The van der Waals surface area contributed by atoms with Crippen LogP contribution in [0.25, 0.3) is 43.5 Å². The zero-order valence-electron chi connectivity index (χ0n) is 16.5. The average molecular weight is 415 g/mol. The van der Waals surface area contributed by atoms with E-state index in [1.165, 1.54) is 42.2 Å². The number of pyridine rings is 1. The van der Waals surface area contributed by atoms with Crippen molar-refractivity contribution in [1.82, 2.24) is 14.8 Å². The van der Waals surface area contributed by atoms with Crippen LogP contribution in [0.3, 0.4) is 0 Å². The first kappa shape index (κ1) is 17.7. The first-order chi connectivity index (χ1) is 14.8. The molecule has 6 heteroatoms. The first-order valence-corrected chi connectivity index (χ1v) is 11.3. The van der Waals surface area contributed by atoms with Gasteiger partial charge in [0, 0.05) is 39.2 Å². The number of aromatic nitrogens is 3. The summed E-state index contributed by atoms with van der Waals surface area (Å²) in [6.07, 6.45) is 12.2. The zero-order valence-corrected chi connectivity index (χ0v) is 17.4. The van der Waals surface area contributed by atoms with Gasteiger partial charge in [-0.05, 0) is 41.8 Å². The lowest BCUT2D eigenvalue weighted by molar-refractivity contribution is 0.329. The van der Waals surface area contributed by atoms with E-state index in [9.17, 15) is 0 Å². The minimum Gasteiger partial charge on any atom is -0.452 e. The van der Waals surface area contributed by atoms with Crippen molar-refractivity contribution in [1.29, 1.82) is 0 Å². The van der Waals surface area contributed by atoms with Gasteiger partial charge in [-0.15, -0.1) is 11.3 Å². The highest BCUT2D eigenvalue weighted by Gasteiger charge is 2.20. The molecule has 0 radical (unpaired) electrons. The molecule has 5 aromatic rings. The van der Waals surface area contributed by atoms with Crippen molar-refractivity contribution in [3.8, 4) is 22.5 Å². The van der Waals surface area contributed by atoms with Crippen molar-refractivity contribution in [3.63, 3.8) is 0 Å². The number of thiophene rings is 1. The molecule has 2 N–H and O–H groups in total. The van der Waals surface area contributed by atoms with Crippen LogP contribution in [-0.2, 0) is 0 Å². The highest BCUT2D eigenvalue weighted by atomic mass is 32.1. The van der Waals surface area contributed by atoms with Gasteiger partial charge in [-0.25, -0.2) is 4.98 Å². The van der Waals surface area contributed by atoms with Crippen LogP contribution >= 0.6 is 11.3 Å². The number of hydrogen-bond acceptors (Lipinski definition) is 5. The van der Waals surface area contributed by atoms with Gasteiger partial charge in [-0.2, -0.15) is 5.10 Å². The predicted molar refractivity (Wildman–Crippen MR) is 123 cm³/mol. The summed E-state index contributed by atoms with van der Waals surface area (Å²) in [5.74, 6) is 1.23. The minimum atomic E-state index is 0.415. The lowest BCUT2D eigenvalue weighted by Crippen LogP contribution is -2.12. The molecule has 150 valence electrons. The molecule has 0 spiro atoms. The molecule has 1 fully saturated rings. The molecular weight excluding hydrogens is 392 g/mol. The summed E-state index contributed by atoms with van der Waals surface area (Å²) in [7, 11) is 0. The van der Waals surface area contributed by atoms with Crippen molar-refractivity contribution in [2.24, 2.45) is 0 Å². The van der Waals surface area contributed by atoms with Gasteiger partial charge < -0.3 is 10.2 Å². The molecule has 0 saturated heterocycles. The second kappa shape index (κ2) is 6.99. The van der Waals surface area contributed by atoms with E-state index in [1.807, 2.05) is 12.4 Å². The van der Waals surface area contributed by atoms with Gasteiger partial charge in [-0.3, -0.25) is 4.68 Å². The summed E-state index contributed by atoms with van der Waals surface area (Å²) in [4.78, 5) is 4.41. The van der Waals surface area contributed by atoms with Crippen molar-refractivity contribution < 1.29 is 4.42 Å². The molecular formula is C24H22N4OS. The van der Waals surface area contributed by atoms with Gasteiger partial charge in [0.1, 0.15) is 5.76 Å². The predicted octanol–water partition coefficient (Wildman–Crippen LogP) is 6.66. The number of anilines is 1. The van der Waals surface area contributed by atoms with E-state index in [2.05, 4.69) is 56.7 Å². The Hall–Kier alpha value is -3.12. The molecule has 6 rings (SSSR count). The summed E-state index contributed by atoms with van der Waals surface area (Å²) >= 11 is 1.72. The van der Waals surface area contributed by atoms with Crippen LogP contribution in [0, 0.1) is 0 Å². The van der Waals surface area contributed by atoms with Crippen molar-refractivity contribution in [2.45, 2.75) is 38.1 Å². The van der Waals surface area contributed by atoms with E-state index >= 15 is 0 Å². The quantitative estimate of drug-likeness (QED) is 0.358. The third kappa shape index (κ3) is 2.82. The molecule has 0 amide bonds. The van der Waals surface area contributed by atoms with E-state index < -0.39 is 0 Å². The molecule has 1 aliphatic rings. The van der Waals surface area contributed by atoms with Crippen LogP contribution in [0.5, 0.6) is 0 Å². The van der Waals surface area contributed by atoms with Crippen LogP contribution in [0.2, 0.25) is 0 Å². The Bertz CT molecular complexity index is 1360. The van der Waals surface area contributed by atoms with Gasteiger partial charge in [-0.1, -0.05) is 31.4 Å². The van der Waals surface area contributed by atoms with Gasteiger partial charge in [0.2, 0.25) is 0 Å². The largest absolute Gasteiger partial charge is 0.452 e. The van der Waals surface area contributed by atoms with Crippen molar-refractivity contribution in [3.05, 3.63) is 54.3 Å². The Morgan fingerprint density at radius 1 is 1.07 bits per heavy atom. The van der Waals surface area contributed by atoms with Crippen LogP contribution in [-0.4, -0.2) is 14.8 Å². The molecule has 5 nitrogen and oxygen atoms in total. The average Bonchev–Trinajstić information content (AvgIpc) is 3.53. The maximum atomic E-state index is 6.24. The lowest BCUT2D eigenvalue weighted by atomic mass is 9.96. The molecule has 0 bridgehead atoms. The topological polar surface area (TPSA) is 69.9 Å². The summed E-state index contributed by atoms with van der Waals surface area (Å²) in [6.45, 7) is 0. The fourth-order valence-electron chi connectivity index (χ4n) is 4.62. The number of hydrogen-bond donors (Lipinski definition) is 1. The van der Waals surface area contributed by atoms with E-state index in [-0.39, 0.29) is 0 Å². The molecule has 0 atom stereocenters. The zero-order chi connectivity index (χ0) is 20.1. The van der Waals surface area contributed by atoms with Crippen LogP contribution in [0.4, 0.5) is 5.82 Å². The maximum Gasteiger partial charge on any atom is 0.177 e. The molecule has 1 aromatic carbocycles. The number of benzene rings is 1. The molecule has 30 heavy (non-hydrogen) atoms. The molecule has 4 heterocycles. The second-order valence-electron chi connectivity index (χ2n) is 8.06. The molecule has 1 saturated carbocycles. The molecule has 0 unspecified atom stereocenters. The van der Waals surface area contributed by atoms with Gasteiger partial charge >= 0.3 is 0 Å². The Balaban J connectivity index is 1.47. The number of rotatable bonds is 3. The highest BCUT2D eigenvalue weighted by Crippen LogP contribution is 2.40. The number of furan rings is 1. The van der Waals surface area contributed by atoms with Gasteiger partial charge in [0.05, 0.1) is 12.2 Å². The standard InChI is InChI=1S/C24H22N4OS/c25-24-22-19(11-21(29-22)18-8-4-5-15-9-10-30-23(15)18)20(13-26-24)16-12-27-28(14-16)17-6-2-1-3-7-17/h4-5,8-14,17H,1-3,6-7H2,(H2,25,26). The molecule has 1 aliphatic carbocycles. The fourth-order valence-corrected chi connectivity index (χ4v) is 5.53. The molecule has 0 aliphatic heterocycles. The van der Waals surface area contributed by atoms with Crippen LogP contribution in [0.15, 0.2) is 58.7 Å². The number of nitrogens with two attached hydrogens (primary N) is 1. The van der Waals surface area contributed by atoms with E-state index in [0.717, 1.165) is 27.8 Å². The normalized spacial score (nSPS) is 15.3. The third-order valence-electron chi connectivity index (χ3n) is 6.19. The van der Waals surface area contributed by atoms with Crippen molar-refractivity contribution in [2.75, 3.05) is 5.73 Å². The summed E-state index contributed by atoms with van der Waals surface area (Å²) in [5, 5.41) is 8.98. The Kier molecular flexibility index (Phi) is 4.13. The summed E-state index contributed by atoms with van der Waals surface area (Å²) < 4.78 is 9.59. The minimum absolute atomic E-state index is 0.415. The Labute approximate surface area is 178 Å². The number of nitrogens with zero attached hydrogens (tertiary/aromatic N) is 3. The summed E-state index contributed by atoms with van der Waals surface area (Å²) in [6, 6.07) is 11.0. The number of fused-ring (bicyclic) bond motifs is 2. The van der Waals surface area contributed by atoms with Gasteiger partial charge in [0.15, 0.2) is 11.4 Å². The SMILES string of the molecule is Nc1ncc(-c2cnn(C3CCCCC3)c2)c2cc(-c3cccc4ccsc34)oc12. The van der Waals surface area contributed by atoms with Gasteiger partial charge in [0.25, 0.3) is 0 Å². The van der Waals surface area contributed by atoms with Crippen molar-refractivity contribution >= 4 is 38.2 Å².